The number of pyridine rings is 1. The van der Waals surface area contributed by atoms with E-state index in [4.69, 9.17) is 5.11 Å². The molecule has 0 spiro atoms. The maximum Gasteiger partial charge on any atom is 0.322 e. The van der Waals surface area contributed by atoms with E-state index in [0.29, 0.717) is 0 Å². The van der Waals surface area contributed by atoms with E-state index in [0.717, 1.165) is 5.56 Å². The van der Waals surface area contributed by atoms with Gasteiger partial charge in [0.05, 0.1) is 0 Å². The number of rotatable bonds is 4. The van der Waals surface area contributed by atoms with Crippen LogP contribution < -0.4 is 5.32 Å². The lowest BCUT2D eigenvalue weighted by molar-refractivity contribution is -0.137. The van der Waals surface area contributed by atoms with E-state index in [-0.39, 0.29) is 6.54 Å². The smallest absolute Gasteiger partial charge is 0.322 e. The van der Waals surface area contributed by atoms with Crippen LogP contribution in [0.15, 0.2) is 30.6 Å². The highest BCUT2D eigenvalue weighted by Crippen LogP contribution is 1.97. The summed E-state index contributed by atoms with van der Waals surface area (Å²) < 4.78 is 0. The summed E-state index contributed by atoms with van der Waals surface area (Å²) in [5.74, 6) is -1.51. The summed E-state index contributed by atoms with van der Waals surface area (Å²) >= 11 is 0. The Morgan fingerprint density at radius 3 is 2.93 bits per heavy atom. The molecule has 0 bridgehead atoms. The van der Waals surface area contributed by atoms with E-state index >= 15 is 0 Å². The molecule has 1 aromatic heterocycles. The molecule has 0 fully saturated rings. The topological polar surface area (TPSA) is 79.3 Å². The molecular formula is C10H10N2O3. The number of amides is 1. The Balaban J connectivity index is 2.44. The van der Waals surface area contributed by atoms with Crippen molar-refractivity contribution in [2.45, 2.75) is 0 Å². The molecule has 1 amide bonds. The Kier molecular flexibility index (Phi) is 4.03. The fraction of sp³-hybridized carbons (Fsp3) is 0.100. The normalized spacial score (nSPS) is 10.1. The van der Waals surface area contributed by atoms with Crippen LogP contribution in [0.25, 0.3) is 6.08 Å². The van der Waals surface area contributed by atoms with Gasteiger partial charge >= 0.3 is 5.97 Å². The predicted molar refractivity (Wildman–Crippen MR) is 53.9 cm³/mol. The maximum absolute atomic E-state index is 11.0. The molecule has 0 aliphatic heterocycles. The van der Waals surface area contributed by atoms with Crippen molar-refractivity contribution in [3.63, 3.8) is 0 Å². The van der Waals surface area contributed by atoms with E-state index in [1.54, 1.807) is 30.6 Å². The van der Waals surface area contributed by atoms with Gasteiger partial charge in [0.2, 0.25) is 5.91 Å². The lowest BCUT2D eigenvalue weighted by Crippen LogP contribution is -2.27. The van der Waals surface area contributed by atoms with Crippen LogP contribution in [-0.2, 0) is 9.59 Å². The average Bonchev–Trinajstić information content (AvgIpc) is 2.25. The van der Waals surface area contributed by atoms with Gasteiger partial charge in [0.1, 0.15) is 6.54 Å². The van der Waals surface area contributed by atoms with E-state index < -0.39 is 11.9 Å². The summed E-state index contributed by atoms with van der Waals surface area (Å²) in [6.07, 6.45) is 6.05. The molecule has 0 saturated heterocycles. The molecule has 5 nitrogen and oxygen atoms in total. The first kappa shape index (κ1) is 10.9. The predicted octanol–water partition coefficient (Wildman–Crippen LogP) is 0.296. The molecule has 0 unspecified atom stereocenters. The number of carbonyl (C=O) groups is 2. The number of carboxylic acids is 1. The van der Waals surface area contributed by atoms with Crippen molar-refractivity contribution < 1.29 is 14.7 Å². The third kappa shape index (κ3) is 4.56. The summed E-state index contributed by atoms with van der Waals surface area (Å²) in [4.78, 5) is 25.0. The molecule has 1 heterocycles. The molecule has 0 atom stereocenters. The molecule has 0 aliphatic carbocycles. The molecule has 1 aromatic rings. The Hall–Kier alpha value is -2.17. The Morgan fingerprint density at radius 2 is 2.33 bits per heavy atom. The zero-order valence-corrected chi connectivity index (χ0v) is 7.88. The van der Waals surface area contributed by atoms with Crippen molar-refractivity contribution in [3.05, 3.63) is 36.2 Å². The Bertz CT molecular complexity index is 374. The summed E-state index contributed by atoms with van der Waals surface area (Å²) in [5, 5.41) is 10.5. The van der Waals surface area contributed by atoms with Crippen molar-refractivity contribution in [2.24, 2.45) is 0 Å². The van der Waals surface area contributed by atoms with Crippen LogP contribution in [0.1, 0.15) is 5.56 Å². The highest BCUT2D eigenvalue weighted by molar-refractivity contribution is 5.93. The zero-order chi connectivity index (χ0) is 11.1. The molecule has 0 aromatic carbocycles. The fourth-order valence-electron chi connectivity index (χ4n) is 0.868. The molecule has 1 rings (SSSR count). The SMILES string of the molecule is O=C(O)CNC(=O)/C=C/c1cccnc1. The summed E-state index contributed by atoms with van der Waals surface area (Å²) in [6.45, 7) is -0.379. The van der Waals surface area contributed by atoms with Crippen LogP contribution >= 0.6 is 0 Å². The largest absolute Gasteiger partial charge is 0.480 e. The number of hydrogen-bond acceptors (Lipinski definition) is 3. The van der Waals surface area contributed by atoms with Crippen molar-refractivity contribution in [2.75, 3.05) is 6.54 Å². The van der Waals surface area contributed by atoms with Gasteiger partial charge in [-0.1, -0.05) is 6.07 Å². The Morgan fingerprint density at radius 1 is 1.53 bits per heavy atom. The number of aliphatic carboxylic acids is 1. The standard InChI is InChI=1S/C10H10N2O3/c13-9(12-7-10(14)15)4-3-8-2-1-5-11-6-8/h1-6H,7H2,(H,12,13)(H,14,15)/b4-3+. The summed E-state index contributed by atoms with van der Waals surface area (Å²) in [5.41, 5.74) is 0.781. The van der Waals surface area contributed by atoms with Gasteiger partial charge in [-0.25, -0.2) is 0 Å². The molecule has 0 saturated carbocycles. The van der Waals surface area contributed by atoms with E-state index in [9.17, 15) is 9.59 Å². The second-order valence-corrected chi connectivity index (χ2v) is 2.73. The molecule has 0 aliphatic rings. The van der Waals surface area contributed by atoms with Crippen molar-refractivity contribution in [3.8, 4) is 0 Å². The average molecular weight is 206 g/mol. The lowest BCUT2D eigenvalue weighted by atomic mass is 10.2. The molecule has 15 heavy (non-hydrogen) atoms. The molecule has 78 valence electrons. The molecule has 2 N–H and O–H groups in total. The van der Waals surface area contributed by atoms with Crippen LogP contribution in [-0.4, -0.2) is 28.5 Å². The van der Waals surface area contributed by atoms with Gasteiger partial charge in [0.25, 0.3) is 0 Å². The number of hydrogen-bond donors (Lipinski definition) is 2. The van der Waals surface area contributed by atoms with Crippen LogP contribution in [0.4, 0.5) is 0 Å². The maximum atomic E-state index is 11.0. The van der Waals surface area contributed by atoms with Crippen LogP contribution in [0.5, 0.6) is 0 Å². The monoisotopic (exact) mass is 206 g/mol. The first-order chi connectivity index (χ1) is 7.18. The van der Waals surface area contributed by atoms with Crippen molar-refractivity contribution >= 4 is 18.0 Å². The minimum Gasteiger partial charge on any atom is -0.480 e. The molecule has 0 radical (unpaired) electrons. The number of carbonyl (C=O) groups excluding carboxylic acids is 1. The van der Waals surface area contributed by atoms with Gasteiger partial charge in [-0.05, 0) is 17.7 Å². The molecule has 5 heteroatoms. The van der Waals surface area contributed by atoms with Gasteiger partial charge in [-0.3, -0.25) is 14.6 Å². The van der Waals surface area contributed by atoms with Crippen molar-refractivity contribution in [1.82, 2.24) is 10.3 Å². The molecular weight excluding hydrogens is 196 g/mol. The minimum atomic E-state index is -1.07. The number of nitrogens with one attached hydrogen (secondary N) is 1. The van der Waals surface area contributed by atoms with Gasteiger partial charge < -0.3 is 10.4 Å². The lowest BCUT2D eigenvalue weighted by Gasteiger charge is -1.95. The quantitative estimate of drug-likeness (QED) is 0.694. The fourth-order valence-corrected chi connectivity index (χ4v) is 0.868. The number of nitrogens with zero attached hydrogens (tertiary/aromatic N) is 1. The van der Waals surface area contributed by atoms with Gasteiger partial charge in [-0.2, -0.15) is 0 Å². The third-order valence-electron chi connectivity index (χ3n) is 1.53. The highest BCUT2D eigenvalue weighted by Gasteiger charge is 1.98. The summed E-state index contributed by atoms with van der Waals surface area (Å²) in [7, 11) is 0. The van der Waals surface area contributed by atoms with Crippen LogP contribution in [0, 0.1) is 0 Å². The van der Waals surface area contributed by atoms with E-state index in [2.05, 4.69) is 10.3 Å². The third-order valence-corrected chi connectivity index (χ3v) is 1.53. The van der Waals surface area contributed by atoms with Crippen LogP contribution in [0.3, 0.4) is 0 Å². The highest BCUT2D eigenvalue weighted by atomic mass is 16.4. The zero-order valence-electron chi connectivity index (χ0n) is 7.88. The van der Waals surface area contributed by atoms with E-state index in [1.807, 2.05) is 0 Å². The Labute approximate surface area is 86.5 Å². The van der Waals surface area contributed by atoms with Crippen molar-refractivity contribution in [1.29, 1.82) is 0 Å². The summed E-state index contributed by atoms with van der Waals surface area (Å²) in [6, 6.07) is 3.53. The second-order valence-electron chi connectivity index (χ2n) is 2.73. The van der Waals surface area contributed by atoms with Gasteiger partial charge in [0.15, 0.2) is 0 Å². The van der Waals surface area contributed by atoms with Gasteiger partial charge in [0, 0.05) is 18.5 Å². The number of aromatic nitrogens is 1. The van der Waals surface area contributed by atoms with E-state index in [1.165, 1.54) is 6.08 Å². The van der Waals surface area contributed by atoms with Gasteiger partial charge in [-0.15, -0.1) is 0 Å². The first-order valence-electron chi connectivity index (χ1n) is 4.26. The second kappa shape index (κ2) is 5.54. The minimum absolute atomic E-state index is 0.379. The van der Waals surface area contributed by atoms with Crippen LogP contribution in [0.2, 0.25) is 0 Å². The number of carboxylic acid groups (broad SMARTS) is 1. The first-order valence-corrected chi connectivity index (χ1v) is 4.26.